The van der Waals surface area contributed by atoms with Crippen LogP contribution in [0.1, 0.15) is 64.7 Å². The molecule has 1 aromatic rings. The highest BCUT2D eigenvalue weighted by Gasteiger charge is 2.41. The van der Waals surface area contributed by atoms with Crippen molar-refractivity contribution in [1.29, 1.82) is 0 Å². The summed E-state index contributed by atoms with van der Waals surface area (Å²) in [5.74, 6) is 2.36. The maximum absolute atomic E-state index is 4.25. The predicted octanol–water partition coefficient (Wildman–Crippen LogP) is 5.59. The van der Waals surface area contributed by atoms with Gasteiger partial charge < -0.3 is 4.57 Å². The number of nitrogens with zero attached hydrogens (tertiary/aromatic N) is 2. The van der Waals surface area contributed by atoms with Gasteiger partial charge in [0.2, 0.25) is 0 Å². The summed E-state index contributed by atoms with van der Waals surface area (Å²) in [7, 11) is 0. The molecule has 2 heterocycles. The first kappa shape index (κ1) is 16.8. The molecule has 1 aliphatic heterocycles. The Morgan fingerprint density at radius 1 is 1.27 bits per heavy atom. The zero-order chi connectivity index (χ0) is 15.3. The fourth-order valence-corrected chi connectivity index (χ4v) is 7.74. The first-order valence-corrected chi connectivity index (χ1v) is 10.9. The van der Waals surface area contributed by atoms with Gasteiger partial charge in [-0.2, -0.15) is 0 Å². The van der Waals surface area contributed by atoms with Crippen LogP contribution in [0.3, 0.4) is 0 Å². The molecular weight excluding hydrogens is 308 g/mol. The van der Waals surface area contributed by atoms with E-state index in [-0.39, 0.29) is 0 Å². The maximum Gasteiger partial charge on any atom is 0.0946 e. The van der Waals surface area contributed by atoms with Gasteiger partial charge in [-0.3, -0.25) is 0 Å². The molecule has 1 aliphatic carbocycles. The van der Waals surface area contributed by atoms with Gasteiger partial charge in [0.15, 0.2) is 0 Å². The Balaban J connectivity index is 1.60. The molecule has 1 saturated heterocycles. The minimum Gasteiger partial charge on any atom is -0.335 e. The molecule has 2 atom stereocenters. The van der Waals surface area contributed by atoms with Gasteiger partial charge in [0, 0.05) is 29.9 Å². The van der Waals surface area contributed by atoms with Crippen LogP contribution in [0.25, 0.3) is 0 Å². The highest BCUT2D eigenvalue weighted by molar-refractivity contribution is 8.21. The van der Waals surface area contributed by atoms with Crippen molar-refractivity contribution in [2.24, 2.45) is 5.92 Å². The van der Waals surface area contributed by atoms with E-state index in [9.17, 15) is 0 Å². The largest absolute Gasteiger partial charge is 0.335 e. The van der Waals surface area contributed by atoms with Crippen LogP contribution in [0.15, 0.2) is 18.7 Å². The van der Waals surface area contributed by atoms with Gasteiger partial charge in [0.05, 0.1) is 10.4 Å². The Kier molecular flexibility index (Phi) is 6.20. The van der Waals surface area contributed by atoms with Crippen LogP contribution in [0.4, 0.5) is 0 Å². The van der Waals surface area contributed by atoms with Crippen molar-refractivity contribution in [2.75, 3.05) is 5.75 Å². The lowest BCUT2D eigenvalue weighted by Gasteiger charge is -2.29. The summed E-state index contributed by atoms with van der Waals surface area (Å²) < 4.78 is 2.71. The monoisotopic (exact) mass is 338 g/mol. The number of rotatable bonds is 8. The van der Waals surface area contributed by atoms with Crippen molar-refractivity contribution in [3.8, 4) is 0 Å². The van der Waals surface area contributed by atoms with Gasteiger partial charge >= 0.3 is 0 Å². The fourth-order valence-electron chi connectivity index (χ4n) is 3.87. The van der Waals surface area contributed by atoms with Gasteiger partial charge in [-0.05, 0) is 25.2 Å². The van der Waals surface area contributed by atoms with Crippen LogP contribution in [0.5, 0.6) is 0 Å². The van der Waals surface area contributed by atoms with E-state index < -0.39 is 0 Å². The number of aromatic nitrogens is 2. The summed E-state index contributed by atoms with van der Waals surface area (Å²) in [4.78, 5) is 4.25. The van der Waals surface area contributed by atoms with Gasteiger partial charge in [-0.15, -0.1) is 23.5 Å². The van der Waals surface area contributed by atoms with E-state index in [0.717, 1.165) is 17.7 Å². The summed E-state index contributed by atoms with van der Waals surface area (Å²) in [6, 6.07) is 0. The number of hydrogen-bond acceptors (Lipinski definition) is 3. The molecule has 0 aromatic carbocycles. The van der Waals surface area contributed by atoms with Crippen molar-refractivity contribution in [3.05, 3.63) is 18.7 Å². The van der Waals surface area contributed by atoms with Gasteiger partial charge in [0.1, 0.15) is 0 Å². The van der Waals surface area contributed by atoms with E-state index >= 15 is 0 Å². The topological polar surface area (TPSA) is 17.8 Å². The first-order valence-electron chi connectivity index (χ1n) is 9.07. The molecule has 22 heavy (non-hydrogen) atoms. The van der Waals surface area contributed by atoms with E-state index in [1.54, 1.807) is 0 Å². The van der Waals surface area contributed by atoms with Gasteiger partial charge in [-0.25, -0.2) is 4.98 Å². The first-order chi connectivity index (χ1) is 10.8. The second-order valence-electron chi connectivity index (χ2n) is 7.03. The van der Waals surface area contributed by atoms with E-state index in [1.807, 2.05) is 12.5 Å². The van der Waals surface area contributed by atoms with Crippen LogP contribution in [0.2, 0.25) is 0 Å². The maximum atomic E-state index is 4.25. The quantitative estimate of drug-likeness (QED) is 0.615. The fraction of sp³-hybridized carbons (Fsp3) is 0.833. The Bertz CT molecular complexity index is 428. The Morgan fingerprint density at radius 3 is 2.86 bits per heavy atom. The lowest BCUT2D eigenvalue weighted by molar-refractivity contribution is 0.453. The van der Waals surface area contributed by atoms with E-state index in [4.69, 9.17) is 0 Å². The molecule has 3 rings (SSSR count). The molecule has 0 N–H and O–H groups in total. The summed E-state index contributed by atoms with van der Waals surface area (Å²) in [6.07, 6.45) is 18.9. The van der Waals surface area contributed by atoms with E-state index in [2.05, 4.69) is 46.2 Å². The molecule has 1 aromatic heterocycles. The van der Waals surface area contributed by atoms with Crippen LogP contribution < -0.4 is 0 Å². The summed E-state index contributed by atoms with van der Waals surface area (Å²) >= 11 is 4.54. The van der Waals surface area contributed by atoms with Gasteiger partial charge in [0.25, 0.3) is 0 Å². The molecular formula is C18H30N2S2. The Labute approximate surface area is 144 Å². The molecule has 2 nitrogen and oxygen atoms in total. The lowest BCUT2D eigenvalue weighted by atomic mass is 10.0. The van der Waals surface area contributed by atoms with Crippen LogP contribution in [-0.2, 0) is 6.54 Å². The molecule has 0 spiro atoms. The molecule has 0 amide bonds. The number of imidazole rings is 1. The normalized spacial score (nSPS) is 29.4. The average molecular weight is 339 g/mol. The molecule has 1 saturated carbocycles. The molecule has 2 unspecified atom stereocenters. The number of hydrogen-bond donors (Lipinski definition) is 0. The second kappa shape index (κ2) is 8.14. The molecule has 0 bridgehead atoms. The summed E-state index contributed by atoms with van der Waals surface area (Å²) in [5, 5.41) is 0.872. The second-order valence-corrected chi connectivity index (χ2v) is 10.4. The van der Waals surface area contributed by atoms with Crippen molar-refractivity contribution >= 4 is 23.5 Å². The smallest absolute Gasteiger partial charge is 0.0946 e. The lowest BCUT2D eigenvalue weighted by Crippen LogP contribution is -2.25. The summed E-state index contributed by atoms with van der Waals surface area (Å²) in [5.41, 5.74) is 0. The summed E-state index contributed by atoms with van der Waals surface area (Å²) in [6.45, 7) is 3.45. The molecule has 2 fully saturated rings. The molecule has 0 radical (unpaired) electrons. The third kappa shape index (κ3) is 4.47. The zero-order valence-corrected chi connectivity index (χ0v) is 15.5. The SMILES string of the molecule is CCCCC1CSC(CCC2CCCC2)(Cn2ccnc2)S1. The minimum atomic E-state index is 0.404. The van der Waals surface area contributed by atoms with Crippen LogP contribution >= 0.6 is 23.5 Å². The standard InChI is InChI=1S/C18H30N2S2/c1-2-3-8-17-13-21-18(22-17,14-20-12-11-19-15-20)10-9-16-6-4-5-7-16/h11-12,15-17H,2-10,13-14H2,1H3. The van der Waals surface area contributed by atoms with Crippen molar-refractivity contribution in [1.82, 2.24) is 9.55 Å². The number of thioether (sulfide) groups is 2. The van der Waals surface area contributed by atoms with Crippen molar-refractivity contribution < 1.29 is 0 Å². The molecule has 2 aliphatic rings. The third-order valence-electron chi connectivity index (χ3n) is 5.18. The Hall–Kier alpha value is -0.0900. The van der Waals surface area contributed by atoms with Crippen LogP contribution in [0, 0.1) is 5.92 Å². The van der Waals surface area contributed by atoms with Crippen LogP contribution in [-0.4, -0.2) is 24.6 Å². The van der Waals surface area contributed by atoms with Gasteiger partial charge in [-0.1, -0.05) is 45.4 Å². The van der Waals surface area contributed by atoms with E-state index in [1.165, 1.54) is 63.5 Å². The highest BCUT2D eigenvalue weighted by Crippen LogP contribution is 2.54. The van der Waals surface area contributed by atoms with E-state index in [0.29, 0.717) is 4.08 Å². The van der Waals surface area contributed by atoms with Crippen molar-refractivity contribution in [3.63, 3.8) is 0 Å². The average Bonchev–Trinajstić information content (AvgIpc) is 3.26. The zero-order valence-electron chi connectivity index (χ0n) is 13.9. The minimum absolute atomic E-state index is 0.404. The molecule has 4 heteroatoms. The third-order valence-corrected chi connectivity index (χ3v) is 8.96. The highest BCUT2D eigenvalue weighted by atomic mass is 32.2. The Morgan fingerprint density at radius 2 is 2.14 bits per heavy atom. The predicted molar refractivity (Wildman–Crippen MR) is 99.5 cm³/mol. The van der Waals surface area contributed by atoms with Crippen molar-refractivity contribution in [2.45, 2.75) is 80.6 Å². The number of unbranched alkanes of at least 4 members (excludes halogenated alkanes) is 1. The molecule has 124 valence electrons.